The molecular formula is C16H22N2O3. The topological polar surface area (TPSA) is 50.8 Å². The Morgan fingerprint density at radius 3 is 3.00 bits per heavy atom. The molecule has 1 atom stereocenters. The van der Waals surface area contributed by atoms with E-state index in [0.29, 0.717) is 12.2 Å². The van der Waals surface area contributed by atoms with Crippen LogP contribution in [-0.4, -0.2) is 56.3 Å². The molecule has 5 nitrogen and oxygen atoms in total. The van der Waals surface area contributed by atoms with Gasteiger partial charge in [0.15, 0.2) is 0 Å². The normalized spacial score (nSPS) is 22.3. The number of amides is 1. The number of carbonyl (C=O) groups excluding carboxylic acids is 1. The number of nitrogens with one attached hydrogen (secondary N) is 1. The van der Waals surface area contributed by atoms with Gasteiger partial charge in [-0.25, -0.2) is 0 Å². The lowest BCUT2D eigenvalue weighted by Crippen LogP contribution is -2.46. The quantitative estimate of drug-likeness (QED) is 0.908. The van der Waals surface area contributed by atoms with Crippen molar-refractivity contribution in [3.63, 3.8) is 0 Å². The van der Waals surface area contributed by atoms with E-state index in [2.05, 4.69) is 5.32 Å². The van der Waals surface area contributed by atoms with Crippen LogP contribution in [-0.2, 0) is 4.74 Å². The molecule has 0 aromatic heterocycles. The number of hydrogen-bond acceptors (Lipinski definition) is 4. The molecule has 2 fully saturated rings. The molecule has 21 heavy (non-hydrogen) atoms. The SMILES string of the molecule is O=C(c1cccc(OCC2CCCO2)c1)N1CCNCC1. The summed E-state index contributed by atoms with van der Waals surface area (Å²) in [4.78, 5) is 14.3. The fourth-order valence-electron chi connectivity index (χ4n) is 2.73. The summed E-state index contributed by atoms with van der Waals surface area (Å²) >= 11 is 0. The van der Waals surface area contributed by atoms with Crippen LogP contribution in [0.3, 0.4) is 0 Å². The second-order valence-corrected chi connectivity index (χ2v) is 5.52. The zero-order chi connectivity index (χ0) is 14.5. The minimum atomic E-state index is 0.0825. The van der Waals surface area contributed by atoms with Gasteiger partial charge in [-0.15, -0.1) is 0 Å². The Kier molecular flexibility index (Phi) is 4.72. The Hall–Kier alpha value is -1.59. The van der Waals surface area contributed by atoms with E-state index in [-0.39, 0.29) is 12.0 Å². The summed E-state index contributed by atoms with van der Waals surface area (Å²) in [6.45, 7) is 4.64. The largest absolute Gasteiger partial charge is 0.491 e. The van der Waals surface area contributed by atoms with Crippen molar-refractivity contribution in [2.75, 3.05) is 39.4 Å². The molecule has 1 unspecified atom stereocenters. The Morgan fingerprint density at radius 1 is 1.38 bits per heavy atom. The molecule has 0 bridgehead atoms. The zero-order valence-corrected chi connectivity index (χ0v) is 12.2. The maximum atomic E-state index is 12.4. The van der Waals surface area contributed by atoms with E-state index in [9.17, 15) is 4.79 Å². The summed E-state index contributed by atoms with van der Waals surface area (Å²) in [5, 5.41) is 3.25. The van der Waals surface area contributed by atoms with E-state index in [1.807, 2.05) is 29.2 Å². The van der Waals surface area contributed by atoms with Gasteiger partial charge in [-0.05, 0) is 31.0 Å². The highest BCUT2D eigenvalue weighted by molar-refractivity contribution is 5.94. The monoisotopic (exact) mass is 290 g/mol. The van der Waals surface area contributed by atoms with Crippen molar-refractivity contribution in [2.45, 2.75) is 18.9 Å². The first-order valence-electron chi connectivity index (χ1n) is 7.67. The van der Waals surface area contributed by atoms with E-state index >= 15 is 0 Å². The van der Waals surface area contributed by atoms with Crippen molar-refractivity contribution in [2.24, 2.45) is 0 Å². The molecule has 114 valence electrons. The summed E-state index contributed by atoms with van der Waals surface area (Å²) < 4.78 is 11.3. The van der Waals surface area contributed by atoms with Crippen LogP contribution in [0.1, 0.15) is 23.2 Å². The van der Waals surface area contributed by atoms with E-state index in [4.69, 9.17) is 9.47 Å². The first kappa shape index (κ1) is 14.4. The molecule has 3 rings (SSSR count). The van der Waals surface area contributed by atoms with Crippen LogP contribution in [0.2, 0.25) is 0 Å². The lowest BCUT2D eigenvalue weighted by atomic mass is 10.1. The molecule has 0 saturated carbocycles. The Morgan fingerprint density at radius 2 is 2.24 bits per heavy atom. The van der Waals surface area contributed by atoms with Gasteiger partial charge in [0.25, 0.3) is 5.91 Å². The summed E-state index contributed by atoms with van der Waals surface area (Å²) in [5.41, 5.74) is 0.696. The third-order valence-corrected chi connectivity index (χ3v) is 3.95. The molecule has 1 aromatic carbocycles. The molecule has 2 saturated heterocycles. The Labute approximate surface area is 125 Å². The van der Waals surface area contributed by atoms with Gasteiger partial charge in [0.1, 0.15) is 12.4 Å². The van der Waals surface area contributed by atoms with Crippen molar-refractivity contribution < 1.29 is 14.3 Å². The molecular weight excluding hydrogens is 268 g/mol. The molecule has 2 aliphatic heterocycles. The van der Waals surface area contributed by atoms with Crippen LogP contribution in [0.4, 0.5) is 0 Å². The highest BCUT2D eigenvalue weighted by Gasteiger charge is 2.19. The van der Waals surface area contributed by atoms with Crippen LogP contribution in [0.25, 0.3) is 0 Å². The lowest BCUT2D eigenvalue weighted by molar-refractivity contribution is 0.0676. The molecule has 1 aromatic rings. The predicted octanol–water partition coefficient (Wildman–Crippen LogP) is 1.29. The van der Waals surface area contributed by atoms with Crippen molar-refractivity contribution in [3.8, 4) is 5.75 Å². The Bertz CT molecular complexity index is 480. The Balaban J connectivity index is 1.60. The maximum absolute atomic E-state index is 12.4. The number of carbonyl (C=O) groups is 1. The van der Waals surface area contributed by atoms with Crippen LogP contribution in [0.15, 0.2) is 24.3 Å². The maximum Gasteiger partial charge on any atom is 0.254 e. The number of piperazine rings is 1. The average molecular weight is 290 g/mol. The highest BCUT2D eigenvalue weighted by atomic mass is 16.5. The number of hydrogen-bond donors (Lipinski definition) is 1. The van der Waals surface area contributed by atoms with E-state index in [1.54, 1.807) is 0 Å². The molecule has 2 aliphatic rings. The van der Waals surface area contributed by atoms with Crippen molar-refractivity contribution in [1.29, 1.82) is 0 Å². The van der Waals surface area contributed by atoms with Crippen LogP contribution < -0.4 is 10.1 Å². The molecule has 0 spiro atoms. The van der Waals surface area contributed by atoms with Crippen LogP contribution in [0.5, 0.6) is 5.75 Å². The number of benzene rings is 1. The van der Waals surface area contributed by atoms with Gasteiger partial charge in [0.05, 0.1) is 6.10 Å². The fraction of sp³-hybridized carbons (Fsp3) is 0.562. The standard InChI is InChI=1S/C16H22N2O3/c19-16(18-8-6-17-7-9-18)13-3-1-4-14(11-13)21-12-15-5-2-10-20-15/h1,3-4,11,15,17H,2,5-10,12H2. The van der Waals surface area contributed by atoms with Gasteiger partial charge in [-0.1, -0.05) is 6.07 Å². The van der Waals surface area contributed by atoms with Gasteiger partial charge in [-0.3, -0.25) is 4.79 Å². The number of rotatable bonds is 4. The fourth-order valence-corrected chi connectivity index (χ4v) is 2.73. The minimum absolute atomic E-state index is 0.0825. The minimum Gasteiger partial charge on any atom is -0.491 e. The lowest BCUT2D eigenvalue weighted by Gasteiger charge is -2.27. The number of nitrogens with zero attached hydrogens (tertiary/aromatic N) is 1. The summed E-state index contributed by atoms with van der Waals surface area (Å²) in [6.07, 6.45) is 2.35. The third-order valence-electron chi connectivity index (χ3n) is 3.95. The van der Waals surface area contributed by atoms with Crippen molar-refractivity contribution in [3.05, 3.63) is 29.8 Å². The second kappa shape index (κ2) is 6.91. The van der Waals surface area contributed by atoms with Crippen molar-refractivity contribution in [1.82, 2.24) is 10.2 Å². The molecule has 2 heterocycles. The first-order valence-corrected chi connectivity index (χ1v) is 7.67. The van der Waals surface area contributed by atoms with Gasteiger partial charge in [-0.2, -0.15) is 0 Å². The van der Waals surface area contributed by atoms with Crippen LogP contribution >= 0.6 is 0 Å². The zero-order valence-electron chi connectivity index (χ0n) is 12.2. The summed E-state index contributed by atoms with van der Waals surface area (Å²) in [7, 11) is 0. The third kappa shape index (κ3) is 3.74. The van der Waals surface area contributed by atoms with Crippen LogP contribution in [0, 0.1) is 0 Å². The average Bonchev–Trinajstić information content (AvgIpc) is 3.07. The summed E-state index contributed by atoms with van der Waals surface area (Å²) in [6, 6.07) is 7.45. The molecule has 1 N–H and O–H groups in total. The van der Waals surface area contributed by atoms with E-state index in [0.717, 1.165) is 51.4 Å². The van der Waals surface area contributed by atoms with Crippen molar-refractivity contribution >= 4 is 5.91 Å². The first-order chi connectivity index (χ1) is 10.3. The van der Waals surface area contributed by atoms with Gasteiger partial charge in [0, 0.05) is 38.3 Å². The molecule has 5 heteroatoms. The van der Waals surface area contributed by atoms with E-state index < -0.39 is 0 Å². The van der Waals surface area contributed by atoms with E-state index in [1.165, 1.54) is 0 Å². The molecule has 0 aliphatic carbocycles. The van der Waals surface area contributed by atoms with Gasteiger partial charge in [0.2, 0.25) is 0 Å². The molecule has 1 amide bonds. The predicted molar refractivity (Wildman–Crippen MR) is 79.7 cm³/mol. The second-order valence-electron chi connectivity index (χ2n) is 5.52. The van der Waals surface area contributed by atoms with Gasteiger partial charge >= 0.3 is 0 Å². The summed E-state index contributed by atoms with van der Waals surface area (Å²) in [5.74, 6) is 0.825. The molecule has 0 radical (unpaired) electrons. The number of ether oxygens (including phenoxy) is 2. The smallest absolute Gasteiger partial charge is 0.254 e. The van der Waals surface area contributed by atoms with Gasteiger partial charge < -0.3 is 19.7 Å². The highest BCUT2D eigenvalue weighted by Crippen LogP contribution is 2.18.